The van der Waals surface area contributed by atoms with Crippen molar-refractivity contribution < 1.29 is 8.42 Å². The molecule has 0 spiro atoms. The van der Waals surface area contributed by atoms with Crippen molar-refractivity contribution >= 4 is 27.1 Å². The Balaban J connectivity index is 1.69. The third-order valence-electron chi connectivity index (χ3n) is 4.81. The fourth-order valence-corrected chi connectivity index (χ4v) is 3.59. The van der Waals surface area contributed by atoms with E-state index in [0.717, 1.165) is 42.9 Å². The van der Waals surface area contributed by atoms with Gasteiger partial charge in [0.2, 0.25) is 10.0 Å². The van der Waals surface area contributed by atoms with Gasteiger partial charge in [0, 0.05) is 18.8 Å². The SMILES string of the molecule is Cc1cc(NNc2ccccc2C)ccc1NCCCCCNS(=O)(=O)C(C)C. The molecule has 0 aliphatic carbocycles. The molecule has 0 fully saturated rings. The van der Waals surface area contributed by atoms with Gasteiger partial charge in [0.25, 0.3) is 0 Å². The summed E-state index contributed by atoms with van der Waals surface area (Å²) in [6, 6.07) is 14.4. The fourth-order valence-electron chi connectivity index (χ4n) is 2.82. The maximum atomic E-state index is 11.7. The van der Waals surface area contributed by atoms with Crippen LogP contribution in [0.3, 0.4) is 0 Å². The second-order valence-electron chi connectivity index (χ2n) is 7.57. The van der Waals surface area contributed by atoms with Gasteiger partial charge in [-0.15, -0.1) is 0 Å². The van der Waals surface area contributed by atoms with Crippen LogP contribution in [0.2, 0.25) is 0 Å². The number of sulfonamides is 1. The average Bonchev–Trinajstić information content (AvgIpc) is 2.67. The molecule has 160 valence electrons. The highest BCUT2D eigenvalue weighted by molar-refractivity contribution is 7.90. The van der Waals surface area contributed by atoms with Crippen LogP contribution in [0.5, 0.6) is 0 Å². The minimum absolute atomic E-state index is 0.378. The van der Waals surface area contributed by atoms with Crippen LogP contribution in [0.25, 0.3) is 0 Å². The Bertz CT molecular complexity index is 882. The lowest BCUT2D eigenvalue weighted by Crippen LogP contribution is -2.31. The Morgan fingerprint density at radius 3 is 2.24 bits per heavy atom. The summed E-state index contributed by atoms with van der Waals surface area (Å²) in [5, 5.41) is 3.08. The molecule has 7 heteroatoms. The van der Waals surface area contributed by atoms with Crippen LogP contribution >= 0.6 is 0 Å². The second-order valence-corrected chi connectivity index (χ2v) is 9.89. The van der Waals surface area contributed by atoms with Gasteiger partial charge in [-0.05, 0) is 75.9 Å². The van der Waals surface area contributed by atoms with Gasteiger partial charge in [-0.25, -0.2) is 13.1 Å². The minimum atomic E-state index is -3.15. The number of para-hydroxylation sites is 1. The van der Waals surface area contributed by atoms with Crippen molar-refractivity contribution in [3.8, 4) is 0 Å². The van der Waals surface area contributed by atoms with Crippen molar-refractivity contribution in [1.29, 1.82) is 0 Å². The normalized spacial score (nSPS) is 11.5. The molecule has 6 nitrogen and oxygen atoms in total. The molecule has 0 saturated carbocycles. The van der Waals surface area contributed by atoms with E-state index in [1.165, 1.54) is 11.1 Å². The van der Waals surface area contributed by atoms with E-state index in [1.807, 2.05) is 24.3 Å². The highest BCUT2D eigenvalue weighted by atomic mass is 32.2. The van der Waals surface area contributed by atoms with E-state index in [0.29, 0.717) is 6.54 Å². The third kappa shape index (κ3) is 7.59. The van der Waals surface area contributed by atoms with Gasteiger partial charge >= 0.3 is 0 Å². The van der Waals surface area contributed by atoms with Crippen molar-refractivity contribution in [1.82, 2.24) is 4.72 Å². The number of hydrogen-bond donors (Lipinski definition) is 4. The van der Waals surface area contributed by atoms with Gasteiger partial charge in [0.1, 0.15) is 0 Å². The van der Waals surface area contributed by atoms with Crippen molar-refractivity contribution in [3.63, 3.8) is 0 Å². The van der Waals surface area contributed by atoms with Crippen LogP contribution < -0.4 is 20.9 Å². The first-order valence-electron chi connectivity index (χ1n) is 10.2. The summed E-state index contributed by atoms with van der Waals surface area (Å²) in [6.45, 7) is 8.91. The predicted molar refractivity (Wildman–Crippen MR) is 124 cm³/mol. The molecule has 0 bridgehead atoms. The molecule has 0 aliphatic rings. The van der Waals surface area contributed by atoms with Crippen LogP contribution in [0, 0.1) is 13.8 Å². The third-order valence-corrected chi connectivity index (χ3v) is 6.65. The van der Waals surface area contributed by atoms with Crippen molar-refractivity contribution in [2.24, 2.45) is 0 Å². The number of hydrogen-bond acceptors (Lipinski definition) is 5. The summed E-state index contributed by atoms with van der Waals surface area (Å²) in [4.78, 5) is 0. The molecular formula is C22H34N4O2S. The summed E-state index contributed by atoms with van der Waals surface area (Å²) in [6.07, 6.45) is 2.82. The number of nitrogens with one attached hydrogen (secondary N) is 4. The van der Waals surface area contributed by atoms with Crippen LogP contribution in [0.1, 0.15) is 44.2 Å². The summed E-state index contributed by atoms with van der Waals surface area (Å²) in [7, 11) is -3.15. The Morgan fingerprint density at radius 2 is 1.55 bits per heavy atom. The topological polar surface area (TPSA) is 82.3 Å². The molecule has 4 N–H and O–H groups in total. The lowest BCUT2D eigenvalue weighted by molar-refractivity contribution is 0.566. The number of benzene rings is 2. The van der Waals surface area contributed by atoms with Gasteiger partial charge in [-0.2, -0.15) is 0 Å². The number of hydrazine groups is 1. The number of rotatable bonds is 12. The standard InChI is InChI=1S/C22H34N4O2S/c1-17(2)29(27,28)24-15-9-5-8-14-23-21-13-12-20(16-19(21)4)25-26-22-11-7-6-10-18(22)3/h6-7,10-13,16-17,23-26H,5,8-9,14-15H2,1-4H3. The van der Waals surface area contributed by atoms with Crippen LogP contribution in [0.4, 0.5) is 17.1 Å². The first-order valence-corrected chi connectivity index (χ1v) is 11.7. The molecule has 0 aromatic heterocycles. The Labute approximate surface area is 175 Å². The van der Waals surface area contributed by atoms with Gasteiger partial charge < -0.3 is 16.2 Å². The van der Waals surface area contributed by atoms with Crippen molar-refractivity contribution in [2.45, 2.75) is 52.2 Å². The molecule has 2 rings (SSSR count). The highest BCUT2D eigenvalue weighted by Crippen LogP contribution is 2.21. The van der Waals surface area contributed by atoms with Crippen LogP contribution in [-0.2, 0) is 10.0 Å². The van der Waals surface area contributed by atoms with Gasteiger partial charge in [0.05, 0.1) is 16.6 Å². The quantitative estimate of drug-likeness (QED) is 0.298. The number of unbranched alkanes of at least 4 members (excludes halogenated alkanes) is 2. The number of aryl methyl sites for hydroxylation is 2. The van der Waals surface area contributed by atoms with Crippen LogP contribution in [0.15, 0.2) is 42.5 Å². The molecule has 0 amide bonds. The van der Waals surface area contributed by atoms with Gasteiger partial charge in [0.15, 0.2) is 0 Å². The zero-order valence-electron chi connectivity index (χ0n) is 17.9. The van der Waals surface area contributed by atoms with E-state index >= 15 is 0 Å². The zero-order chi connectivity index (χ0) is 21.3. The van der Waals surface area contributed by atoms with Crippen molar-refractivity contribution in [3.05, 3.63) is 53.6 Å². The molecule has 29 heavy (non-hydrogen) atoms. The molecule has 2 aromatic rings. The molecule has 0 radical (unpaired) electrons. The molecule has 0 saturated heterocycles. The minimum Gasteiger partial charge on any atom is -0.385 e. The molecule has 0 unspecified atom stereocenters. The summed E-state index contributed by atoms with van der Waals surface area (Å²) < 4.78 is 26.0. The average molecular weight is 419 g/mol. The fraction of sp³-hybridized carbons (Fsp3) is 0.455. The summed E-state index contributed by atoms with van der Waals surface area (Å²) in [5.74, 6) is 0. The van der Waals surface area contributed by atoms with Crippen molar-refractivity contribution in [2.75, 3.05) is 29.3 Å². The van der Waals surface area contributed by atoms with E-state index in [2.05, 4.69) is 52.9 Å². The first-order chi connectivity index (χ1) is 13.8. The smallest absolute Gasteiger partial charge is 0.213 e. The zero-order valence-corrected chi connectivity index (χ0v) is 18.7. The monoisotopic (exact) mass is 418 g/mol. The number of anilines is 3. The van der Waals surface area contributed by atoms with E-state index < -0.39 is 10.0 Å². The van der Waals surface area contributed by atoms with Gasteiger partial charge in [-0.3, -0.25) is 0 Å². The Hall–Kier alpha value is -2.25. The Morgan fingerprint density at radius 1 is 0.828 bits per heavy atom. The molecule has 0 aliphatic heterocycles. The highest BCUT2D eigenvalue weighted by Gasteiger charge is 2.13. The van der Waals surface area contributed by atoms with E-state index in [1.54, 1.807) is 13.8 Å². The maximum Gasteiger partial charge on any atom is 0.213 e. The lowest BCUT2D eigenvalue weighted by atomic mass is 10.1. The summed E-state index contributed by atoms with van der Waals surface area (Å²) in [5.41, 5.74) is 12.0. The largest absolute Gasteiger partial charge is 0.385 e. The summed E-state index contributed by atoms with van der Waals surface area (Å²) >= 11 is 0. The molecule has 2 aromatic carbocycles. The second kappa shape index (κ2) is 11.1. The van der Waals surface area contributed by atoms with E-state index in [4.69, 9.17) is 0 Å². The molecule has 0 heterocycles. The van der Waals surface area contributed by atoms with E-state index in [-0.39, 0.29) is 5.25 Å². The van der Waals surface area contributed by atoms with E-state index in [9.17, 15) is 8.42 Å². The first kappa shape index (κ1) is 23.0. The Kier molecular flexibility index (Phi) is 8.79. The van der Waals surface area contributed by atoms with Gasteiger partial charge in [-0.1, -0.05) is 24.6 Å². The molecule has 0 atom stereocenters. The maximum absolute atomic E-state index is 11.7. The van der Waals surface area contributed by atoms with Crippen LogP contribution in [-0.4, -0.2) is 26.8 Å². The molecular weight excluding hydrogens is 384 g/mol. The predicted octanol–water partition coefficient (Wildman–Crippen LogP) is 4.65. The lowest BCUT2D eigenvalue weighted by Gasteiger charge is -2.15.